The van der Waals surface area contributed by atoms with Crippen LogP contribution in [0.4, 0.5) is 0 Å². The van der Waals surface area contributed by atoms with Gasteiger partial charge in [0.05, 0.1) is 8.55 Å². The Kier molecular flexibility index (Phi) is 3.65. The summed E-state index contributed by atoms with van der Waals surface area (Å²) in [6, 6.07) is 0.796. The summed E-state index contributed by atoms with van der Waals surface area (Å²) in [7, 11) is -6.30. The van der Waals surface area contributed by atoms with Crippen molar-refractivity contribution >= 4 is 34.2 Å². The molecule has 9 heteroatoms. The third-order valence-electron chi connectivity index (χ3n) is 1.45. The molecule has 0 spiro atoms. The van der Waals surface area contributed by atoms with Gasteiger partial charge in [-0.05, 0) is 6.04 Å². The van der Waals surface area contributed by atoms with Crippen molar-refractivity contribution in [1.29, 1.82) is 0 Å². The number of hydrogen-bond acceptors (Lipinski definition) is 3. The van der Waals surface area contributed by atoms with Crippen LogP contribution in [-0.2, 0) is 13.2 Å². The number of hydrogen-bond donors (Lipinski definition) is 2. The van der Waals surface area contributed by atoms with Crippen molar-refractivity contribution in [3.8, 4) is 0 Å². The molecule has 1 rings (SSSR count). The molecule has 0 aromatic rings. The van der Waals surface area contributed by atoms with Crippen LogP contribution in [0.15, 0.2) is 0 Å². The molecule has 1 heterocycles. The summed E-state index contributed by atoms with van der Waals surface area (Å²) in [5, 5.41) is 0. The van der Waals surface area contributed by atoms with Crippen LogP contribution in [0.25, 0.3) is 0 Å². The minimum absolute atomic E-state index is 0.316. The van der Waals surface area contributed by atoms with Gasteiger partial charge >= 0.3 is 7.82 Å². The van der Waals surface area contributed by atoms with E-state index in [0.717, 1.165) is 6.04 Å². The minimum atomic E-state index is -4.17. The van der Waals surface area contributed by atoms with Gasteiger partial charge in [0.25, 0.3) is 0 Å². The Bertz CT molecular complexity index is 163. The topological polar surface area (TPSA) is 76.0 Å². The molecule has 0 bridgehead atoms. The highest BCUT2D eigenvalue weighted by Crippen LogP contribution is 2.37. The van der Waals surface area contributed by atoms with Crippen LogP contribution in [0.1, 0.15) is 0 Å². The quantitative estimate of drug-likeness (QED) is 0.406. The standard InChI is InChI=1S/C2H11O5PSi3/c3-8(4,5)7-11-2-1-6-9-10-11/h11H,1-2,9-10H2,(H2,3,4,5). The number of phosphoric acid groups is 1. The van der Waals surface area contributed by atoms with Gasteiger partial charge in [-0.3, -0.25) is 0 Å². The van der Waals surface area contributed by atoms with Crippen LogP contribution in [0.3, 0.4) is 0 Å². The molecule has 0 saturated carbocycles. The maximum atomic E-state index is 10.4. The molecular weight excluding hydrogens is 219 g/mol. The molecule has 0 aromatic heterocycles. The summed E-state index contributed by atoms with van der Waals surface area (Å²) in [5.41, 5.74) is 0. The van der Waals surface area contributed by atoms with Gasteiger partial charge in [-0.1, -0.05) is 0 Å². The van der Waals surface area contributed by atoms with E-state index in [9.17, 15) is 4.57 Å². The third kappa shape index (κ3) is 4.33. The van der Waals surface area contributed by atoms with E-state index in [1.54, 1.807) is 0 Å². The van der Waals surface area contributed by atoms with Crippen LogP contribution >= 0.6 is 7.82 Å². The summed E-state index contributed by atoms with van der Waals surface area (Å²) in [4.78, 5) is 17.0. The van der Waals surface area contributed by atoms with E-state index in [4.69, 9.17) is 18.4 Å². The largest absolute Gasteiger partial charge is 0.459 e. The summed E-state index contributed by atoms with van der Waals surface area (Å²) < 4.78 is 20.3. The first-order valence-electron chi connectivity index (χ1n) is 3.39. The Morgan fingerprint density at radius 2 is 2.36 bits per heavy atom. The van der Waals surface area contributed by atoms with Gasteiger partial charge in [-0.15, -0.1) is 0 Å². The molecule has 66 valence electrons. The van der Waals surface area contributed by atoms with E-state index in [0.29, 0.717) is 6.61 Å². The summed E-state index contributed by atoms with van der Waals surface area (Å²) in [5.74, 6) is 0. The van der Waals surface area contributed by atoms with Crippen molar-refractivity contribution in [2.75, 3.05) is 6.61 Å². The van der Waals surface area contributed by atoms with E-state index in [-0.39, 0.29) is 17.8 Å². The molecule has 1 aliphatic rings. The van der Waals surface area contributed by atoms with Gasteiger partial charge in [-0.25, -0.2) is 4.57 Å². The zero-order chi connectivity index (χ0) is 8.32. The van der Waals surface area contributed by atoms with Crippen LogP contribution in [0, 0.1) is 0 Å². The van der Waals surface area contributed by atoms with E-state index in [2.05, 4.69) is 0 Å². The van der Waals surface area contributed by atoms with E-state index in [1.165, 1.54) is 0 Å². The van der Waals surface area contributed by atoms with Crippen LogP contribution in [0.2, 0.25) is 6.04 Å². The lowest BCUT2D eigenvalue weighted by Gasteiger charge is -2.20. The van der Waals surface area contributed by atoms with Gasteiger partial charge in [0.2, 0.25) is 0 Å². The van der Waals surface area contributed by atoms with Crippen LogP contribution in [-0.4, -0.2) is 42.8 Å². The second-order valence-corrected chi connectivity index (χ2v) is 18.3. The molecule has 11 heavy (non-hydrogen) atoms. The molecule has 1 fully saturated rings. The third-order valence-corrected chi connectivity index (χ3v) is 20.1. The average Bonchev–Trinajstić information content (AvgIpc) is 1.85. The molecular formula is C2H11O5PSi3. The fourth-order valence-electron chi connectivity index (χ4n) is 0.976. The van der Waals surface area contributed by atoms with E-state index in [1.807, 2.05) is 0 Å². The average molecular weight is 230 g/mol. The first-order chi connectivity index (χ1) is 5.08. The predicted molar refractivity (Wildman–Crippen MR) is 48.1 cm³/mol. The molecule has 1 aliphatic heterocycles. The Labute approximate surface area is 70.4 Å². The lowest BCUT2D eigenvalue weighted by molar-refractivity contribution is 0.283. The summed E-state index contributed by atoms with van der Waals surface area (Å²) >= 11 is 0. The Morgan fingerprint density at radius 3 is 2.82 bits per heavy atom. The fourth-order valence-corrected chi connectivity index (χ4v) is 20.5. The van der Waals surface area contributed by atoms with Crippen molar-refractivity contribution in [1.82, 2.24) is 0 Å². The second-order valence-electron chi connectivity index (χ2n) is 2.41. The van der Waals surface area contributed by atoms with Gasteiger partial charge in [-0.2, -0.15) is 0 Å². The molecule has 0 aromatic carbocycles. The number of rotatable bonds is 2. The van der Waals surface area contributed by atoms with Gasteiger partial charge in [0, 0.05) is 6.61 Å². The molecule has 1 saturated heterocycles. The van der Waals surface area contributed by atoms with Gasteiger partial charge in [0.15, 0.2) is 8.56 Å². The smallest absolute Gasteiger partial charge is 0.428 e. The molecule has 0 radical (unpaired) electrons. The van der Waals surface area contributed by atoms with Crippen LogP contribution < -0.4 is 0 Å². The highest BCUT2D eigenvalue weighted by atomic mass is 31.2. The first-order valence-corrected chi connectivity index (χ1v) is 14.1. The Balaban J connectivity index is 2.30. The first kappa shape index (κ1) is 9.81. The molecule has 0 amide bonds. The molecule has 5 nitrogen and oxygen atoms in total. The maximum Gasteiger partial charge on any atom is 0.459 e. The highest BCUT2D eigenvalue weighted by molar-refractivity contribution is 7.50. The lowest BCUT2D eigenvalue weighted by atomic mass is 10.9. The van der Waals surface area contributed by atoms with Crippen molar-refractivity contribution in [3.05, 3.63) is 0 Å². The summed E-state index contributed by atoms with van der Waals surface area (Å²) in [6.45, 7) is 0.677. The molecule has 2 N–H and O–H groups in total. The molecule has 0 aliphatic carbocycles. The Morgan fingerprint density at radius 1 is 1.64 bits per heavy atom. The van der Waals surface area contributed by atoms with Crippen molar-refractivity contribution in [2.24, 2.45) is 0 Å². The van der Waals surface area contributed by atoms with E-state index < -0.39 is 16.4 Å². The molecule has 1 atom stereocenters. The van der Waals surface area contributed by atoms with Gasteiger partial charge in [0.1, 0.15) is 9.28 Å². The van der Waals surface area contributed by atoms with Crippen molar-refractivity contribution in [3.63, 3.8) is 0 Å². The predicted octanol–water partition coefficient (Wildman–Crippen LogP) is -2.49. The monoisotopic (exact) mass is 230 g/mol. The van der Waals surface area contributed by atoms with Gasteiger partial charge < -0.3 is 18.4 Å². The SMILES string of the molecule is O=P(O)(O)O[SiH]1CCO[SiH2][SiH2]1. The second kappa shape index (κ2) is 4.10. The van der Waals surface area contributed by atoms with E-state index >= 15 is 0 Å². The normalized spacial score (nSPS) is 31.3. The van der Waals surface area contributed by atoms with Crippen molar-refractivity contribution < 1.29 is 23.0 Å². The minimum Gasteiger partial charge on any atom is -0.428 e. The molecule has 1 unspecified atom stereocenters. The van der Waals surface area contributed by atoms with Crippen LogP contribution in [0.5, 0.6) is 0 Å². The lowest BCUT2D eigenvalue weighted by Crippen LogP contribution is -2.37. The zero-order valence-electron chi connectivity index (χ0n) is 5.97. The summed E-state index contributed by atoms with van der Waals surface area (Å²) in [6.07, 6.45) is 0. The zero-order valence-corrected chi connectivity index (χ0v) is 10.8. The highest BCUT2D eigenvalue weighted by Gasteiger charge is 2.25. The maximum absolute atomic E-state index is 10.4. The Hall–Kier alpha value is 0.721. The fraction of sp³-hybridized carbons (Fsp3) is 1.00. The van der Waals surface area contributed by atoms with Crippen molar-refractivity contribution in [2.45, 2.75) is 6.04 Å².